The maximum Gasteiger partial charge on any atom is 0.253 e. The Morgan fingerprint density at radius 3 is 2.59 bits per heavy atom. The van der Waals surface area contributed by atoms with Gasteiger partial charge in [0.2, 0.25) is 5.91 Å². The first-order valence-electron chi connectivity index (χ1n) is 6.75. The second-order valence-corrected chi connectivity index (χ2v) is 6.51. The number of thiophene rings is 1. The third kappa shape index (κ3) is 3.67. The molecule has 116 valence electrons. The van der Waals surface area contributed by atoms with Crippen molar-refractivity contribution in [3.8, 4) is 0 Å². The lowest BCUT2D eigenvalue weighted by Crippen LogP contribution is -2.22. The monoisotopic (exact) mass is 336 g/mol. The van der Waals surface area contributed by atoms with E-state index in [9.17, 15) is 9.59 Å². The minimum absolute atomic E-state index is 0.140. The van der Waals surface area contributed by atoms with Gasteiger partial charge in [0.05, 0.1) is 16.6 Å². The Morgan fingerprint density at radius 2 is 2.00 bits per heavy atom. The van der Waals surface area contributed by atoms with Crippen LogP contribution in [0.15, 0.2) is 35.7 Å². The Kier molecular flexibility index (Phi) is 5.21. The van der Waals surface area contributed by atoms with Gasteiger partial charge in [-0.2, -0.15) is 0 Å². The smallest absolute Gasteiger partial charge is 0.253 e. The second kappa shape index (κ2) is 6.94. The normalized spacial score (nSPS) is 11.8. The average Bonchev–Trinajstić information content (AvgIpc) is 3.02. The number of anilines is 1. The number of nitrogens with one attached hydrogen (secondary N) is 1. The van der Waals surface area contributed by atoms with Crippen LogP contribution in [0.25, 0.3) is 0 Å². The largest absolute Gasteiger partial charge is 0.345 e. The summed E-state index contributed by atoms with van der Waals surface area (Å²) in [6, 6.07) is 8.69. The molecule has 22 heavy (non-hydrogen) atoms. The highest BCUT2D eigenvalue weighted by Crippen LogP contribution is 2.27. The summed E-state index contributed by atoms with van der Waals surface area (Å²) in [5.74, 6) is -0.568. The summed E-state index contributed by atoms with van der Waals surface area (Å²) in [5.41, 5.74) is 0.927. The van der Waals surface area contributed by atoms with Gasteiger partial charge in [-0.1, -0.05) is 17.7 Å². The van der Waals surface area contributed by atoms with Gasteiger partial charge >= 0.3 is 0 Å². The minimum Gasteiger partial charge on any atom is -0.345 e. The number of hydrogen-bond acceptors (Lipinski definition) is 3. The number of rotatable bonds is 4. The molecule has 0 fully saturated rings. The van der Waals surface area contributed by atoms with Gasteiger partial charge in [0.1, 0.15) is 0 Å². The predicted molar refractivity (Wildman–Crippen MR) is 90.8 cm³/mol. The molecule has 1 atom stereocenters. The van der Waals surface area contributed by atoms with Crippen LogP contribution in [0, 0.1) is 0 Å². The summed E-state index contributed by atoms with van der Waals surface area (Å²) in [4.78, 5) is 26.8. The Bertz CT molecular complexity index is 683. The summed E-state index contributed by atoms with van der Waals surface area (Å²) in [7, 11) is 3.35. The highest BCUT2D eigenvalue weighted by Gasteiger charge is 2.18. The summed E-state index contributed by atoms with van der Waals surface area (Å²) >= 11 is 7.65. The van der Waals surface area contributed by atoms with Crippen molar-refractivity contribution in [2.45, 2.75) is 12.8 Å². The maximum atomic E-state index is 12.3. The number of carbonyl (C=O) groups is 2. The second-order valence-electron chi connectivity index (χ2n) is 5.12. The molecule has 0 aliphatic heterocycles. The first-order valence-corrected chi connectivity index (χ1v) is 8.01. The molecule has 1 aromatic carbocycles. The summed E-state index contributed by atoms with van der Waals surface area (Å²) in [6.45, 7) is 1.84. The van der Waals surface area contributed by atoms with Crippen LogP contribution in [0.1, 0.15) is 28.1 Å². The van der Waals surface area contributed by atoms with Crippen LogP contribution >= 0.6 is 22.9 Å². The zero-order chi connectivity index (χ0) is 16.3. The summed E-state index contributed by atoms with van der Waals surface area (Å²) in [6.07, 6.45) is 0. The number of halogens is 1. The Balaban J connectivity index is 2.20. The number of nitrogens with zero attached hydrogens (tertiary/aromatic N) is 1. The van der Waals surface area contributed by atoms with Crippen molar-refractivity contribution in [2.75, 3.05) is 19.4 Å². The van der Waals surface area contributed by atoms with Crippen molar-refractivity contribution in [2.24, 2.45) is 0 Å². The fourth-order valence-corrected chi connectivity index (χ4v) is 2.87. The number of benzene rings is 1. The van der Waals surface area contributed by atoms with E-state index in [1.54, 1.807) is 32.3 Å². The van der Waals surface area contributed by atoms with E-state index in [4.69, 9.17) is 11.6 Å². The molecule has 0 aliphatic carbocycles. The van der Waals surface area contributed by atoms with Crippen molar-refractivity contribution >= 4 is 40.4 Å². The lowest BCUT2D eigenvalue weighted by Gasteiger charge is -2.14. The molecule has 4 nitrogen and oxygen atoms in total. The molecule has 1 aromatic heterocycles. The molecule has 2 aromatic rings. The van der Waals surface area contributed by atoms with Gasteiger partial charge in [-0.25, -0.2) is 0 Å². The summed E-state index contributed by atoms with van der Waals surface area (Å²) in [5, 5.41) is 5.14. The van der Waals surface area contributed by atoms with Crippen LogP contribution in [0.5, 0.6) is 0 Å². The van der Waals surface area contributed by atoms with Crippen LogP contribution in [0.3, 0.4) is 0 Å². The number of amides is 2. The van der Waals surface area contributed by atoms with Crippen molar-refractivity contribution in [3.63, 3.8) is 0 Å². The predicted octanol–water partition coefficient (Wildman–Crippen LogP) is 3.85. The lowest BCUT2D eigenvalue weighted by atomic mass is 10.1. The fourth-order valence-electron chi connectivity index (χ4n) is 1.92. The zero-order valence-corrected chi connectivity index (χ0v) is 14.2. The molecule has 1 heterocycles. The van der Waals surface area contributed by atoms with Crippen LogP contribution in [0.2, 0.25) is 5.02 Å². The quantitative estimate of drug-likeness (QED) is 0.922. The Labute approximate surface area is 138 Å². The van der Waals surface area contributed by atoms with E-state index < -0.39 is 0 Å². The first kappa shape index (κ1) is 16.5. The number of hydrogen-bond donors (Lipinski definition) is 1. The molecule has 6 heteroatoms. The van der Waals surface area contributed by atoms with Crippen molar-refractivity contribution in [1.29, 1.82) is 0 Å². The third-order valence-corrected chi connectivity index (χ3v) is 4.63. The van der Waals surface area contributed by atoms with Gasteiger partial charge in [0, 0.05) is 24.5 Å². The molecule has 0 aliphatic rings. The number of carbonyl (C=O) groups excluding carboxylic acids is 2. The van der Waals surface area contributed by atoms with E-state index in [2.05, 4.69) is 5.32 Å². The van der Waals surface area contributed by atoms with Gasteiger partial charge < -0.3 is 10.2 Å². The standard InChI is InChI=1S/C16H17ClN2O2S/c1-10(14-5-4-8-22-14)15(20)18-13-9-11(6-7-12(13)17)16(21)19(2)3/h4-10H,1-3H3,(H,18,20). The highest BCUT2D eigenvalue weighted by molar-refractivity contribution is 7.10. The van der Waals surface area contributed by atoms with E-state index in [1.807, 2.05) is 24.4 Å². The topological polar surface area (TPSA) is 49.4 Å². The molecular weight excluding hydrogens is 320 g/mol. The van der Waals surface area contributed by atoms with Crippen LogP contribution < -0.4 is 5.32 Å². The van der Waals surface area contributed by atoms with E-state index in [0.29, 0.717) is 16.3 Å². The molecule has 0 saturated carbocycles. The molecular formula is C16H17ClN2O2S. The molecule has 0 radical (unpaired) electrons. The van der Waals surface area contributed by atoms with Crippen molar-refractivity contribution in [3.05, 3.63) is 51.2 Å². The first-order chi connectivity index (χ1) is 10.4. The third-order valence-electron chi connectivity index (χ3n) is 3.24. The molecule has 1 unspecified atom stereocenters. The van der Waals surface area contributed by atoms with Gasteiger partial charge in [0.15, 0.2) is 0 Å². The molecule has 0 bridgehead atoms. The average molecular weight is 337 g/mol. The van der Waals surface area contributed by atoms with Crippen molar-refractivity contribution in [1.82, 2.24) is 4.90 Å². The Hall–Kier alpha value is -1.85. The molecule has 0 saturated heterocycles. The van der Waals surface area contributed by atoms with Gasteiger partial charge in [-0.15, -0.1) is 11.3 Å². The molecule has 2 amide bonds. The molecule has 0 spiro atoms. The SMILES string of the molecule is CC(C(=O)Nc1cc(C(=O)N(C)C)ccc1Cl)c1cccs1. The highest BCUT2D eigenvalue weighted by atomic mass is 35.5. The van der Waals surface area contributed by atoms with Gasteiger partial charge in [-0.05, 0) is 36.6 Å². The van der Waals surface area contributed by atoms with Crippen LogP contribution in [-0.4, -0.2) is 30.8 Å². The fraction of sp³-hybridized carbons (Fsp3) is 0.250. The van der Waals surface area contributed by atoms with Gasteiger partial charge in [-0.3, -0.25) is 9.59 Å². The van der Waals surface area contributed by atoms with Gasteiger partial charge in [0.25, 0.3) is 5.91 Å². The van der Waals surface area contributed by atoms with E-state index in [1.165, 1.54) is 16.2 Å². The van der Waals surface area contributed by atoms with E-state index >= 15 is 0 Å². The van der Waals surface area contributed by atoms with E-state index in [-0.39, 0.29) is 17.7 Å². The molecule has 1 N–H and O–H groups in total. The minimum atomic E-state index is -0.274. The lowest BCUT2D eigenvalue weighted by molar-refractivity contribution is -0.117. The summed E-state index contributed by atoms with van der Waals surface area (Å²) < 4.78 is 0. The van der Waals surface area contributed by atoms with Crippen molar-refractivity contribution < 1.29 is 9.59 Å². The zero-order valence-electron chi connectivity index (χ0n) is 12.6. The molecule has 2 rings (SSSR count). The van der Waals surface area contributed by atoms with E-state index in [0.717, 1.165) is 4.88 Å². The van der Waals surface area contributed by atoms with Crippen LogP contribution in [-0.2, 0) is 4.79 Å². The maximum absolute atomic E-state index is 12.3. The van der Waals surface area contributed by atoms with Crippen LogP contribution in [0.4, 0.5) is 5.69 Å². The Morgan fingerprint density at radius 1 is 1.27 bits per heavy atom.